The predicted molar refractivity (Wildman–Crippen MR) is 518 cm³/mol. The van der Waals surface area contributed by atoms with Crippen molar-refractivity contribution in [2.75, 3.05) is 34.3 Å². The fraction of sp³-hybridized carbons (Fsp3) is 0.167. The van der Waals surface area contributed by atoms with E-state index in [0.29, 0.717) is 0 Å². The molecule has 0 spiro atoms. The van der Waals surface area contributed by atoms with Gasteiger partial charge in [0, 0.05) is 119 Å². The van der Waals surface area contributed by atoms with Crippen LogP contribution in [0.25, 0.3) is 0 Å². The van der Waals surface area contributed by atoms with Gasteiger partial charge in [0.1, 0.15) is 23.5 Å². The molecule has 0 heterocycles. The lowest BCUT2D eigenvalue weighted by atomic mass is 9.95. The van der Waals surface area contributed by atoms with Crippen LogP contribution in [0.4, 0.5) is 119 Å². The molecule has 15 aromatic rings. The Morgan fingerprint density at radius 1 is 0.153 bits per heavy atom. The fourth-order valence-electron chi connectivity index (χ4n) is 15.9. The molecule has 0 aliphatic carbocycles. The predicted octanol–water partition coefficient (Wildman–Crippen LogP) is 26.7. The van der Waals surface area contributed by atoms with E-state index in [-0.39, 0.29) is 0 Å². The first-order valence-electron chi connectivity index (χ1n) is 42.8. The number of aryl methyl sites for hydroxylation is 6. The van der Waals surface area contributed by atoms with Gasteiger partial charge in [-0.25, -0.2) is 0 Å². The first-order valence-corrected chi connectivity index (χ1v) is 42.8. The van der Waals surface area contributed by atoms with Gasteiger partial charge in [0.2, 0.25) is 0 Å². The van der Waals surface area contributed by atoms with E-state index in [9.17, 15) is 0 Å². The molecular weight excluding hydrogens is 1430 g/mol. The second-order valence-electron chi connectivity index (χ2n) is 31.7. The molecule has 0 radical (unpaired) electrons. The van der Waals surface area contributed by atoms with E-state index in [1.54, 1.807) is 0 Å². The average molecular weight is 1540 g/mol. The number of nitrogens with zero attached hydrogens (tertiary/aromatic N) is 7. The number of anilines is 21. The largest absolute Gasteiger partial charge is 0.311 e. The van der Waals surface area contributed by atoms with Gasteiger partial charge < -0.3 is 34.3 Å². The highest BCUT2D eigenvalue weighted by Gasteiger charge is 2.24. The molecule has 0 bridgehead atoms. The van der Waals surface area contributed by atoms with Crippen LogP contribution in [-0.2, 0) is 25.7 Å². The third-order valence-electron chi connectivity index (χ3n) is 22.7. The maximum absolute atomic E-state index is 2.40. The minimum atomic E-state index is 1.03. The molecule has 0 aliphatic rings. The molecule has 0 amide bonds. The summed E-state index contributed by atoms with van der Waals surface area (Å²) in [6, 6.07) is 136. The zero-order valence-corrected chi connectivity index (χ0v) is 70.3. The molecule has 0 aromatic heterocycles. The van der Waals surface area contributed by atoms with Crippen LogP contribution < -0.4 is 50.7 Å². The van der Waals surface area contributed by atoms with Crippen molar-refractivity contribution in [1.29, 1.82) is 0 Å². The summed E-state index contributed by atoms with van der Waals surface area (Å²) < 4.78 is 0. The molecule has 0 saturated heterocycles. The number of hydrogen-bond acceptors (Lipinski definition) is 7. The summed E-state index contributed by atoms with van der Waals surface area (Å²) in [4.78, 5) is 16.6. The topological polar surface area (TPSA) is 22.7 Å². The van der Waals surface area contributed by atoms with Gasteiger partial charge in [-0.05, 0) is 342 Å². The zero-order chi connectivity index (χ0) is 81.3. The van der Waals surface area contributed by atoms with E-state index in [4.69, 9.17) is 0 Å². The Morgan fingerprint density at radius 3 is 0.373 bits per heavy atom. The van der Waals surface area contributed by atoms with Gasteiger partial charge in [-0.1, -0.05) is 190 Å². The number of benzene rings is 15. The lowest BCUT2D eigenvalue weighted by Gasteiger charge is -2.31. The van der Waals surface area contributed by atoms with E-state index in [1.807, 2.05) is 0 Å². The highest BCUT2D eigenvalue weighted by atomic mass is 15.2. The molecule has 0 saturated carbocycles. The zero-order valence-electron chi connectivity index (χ0n) is 70.3. The Balaban J connectivity index is 0.767. The summed E-state index contributed by atoms with van der Waals surface area (Å²) in [5.41, 5.74) is 34.2. The quantitative estimate of drug-likeness (QED) is 0.0378. The minimum Gasteiger partial charge on any atom is -0.311 e. The van der Waals surface area contributed by atoms with E-state index in [2.05, 4.69) is 463 Å². The van der Waals surface area contributed by atoms with E-state index in [0.717, 1.165) is 145 Å². The Morgan fingerprint density at radius 2 is 0.254 bits per heavy atom. The second-order valence-corrected chi connectivity index (χ2v) is 31.7. The monoisotopic (exact) mass is 1540 g/mol. The average Bonchev–Trinajstić information content (AvgIpc) is 0.776. The minimum absolute atomic E-state index is 1.03. The lowest BCUT2D eigenvalue weighted by Crippen LogP contribution is -2.15. The Hall–Kier alpha value is -12.9. The van der Waals surface area contributed by atoms with Crippen molar-refractivity contribution in [3.63, 3.8) is 0 Å². The molecule has 118 heavy (non-hydrogen) atoms. The van der Waals surface area contributed by atoms with Crippen molar-refractivity contribution < 1.29 is 0 Å². The van der Waals surface area contributed by atoms with Gasteiger partial charge in [0.05, 0.1) is 0 Å². The van der Waals surface area contributed by atoms with Gasteiger partial charge in [-0.15, -0.1) is 0 Å². The van der Waals surface area contributed by atoms with Crippen molar-refractivity contribution in [2.24, 2.45) is 0 Å². The molecule has 0 atom stereocenters. The van der Waals surface area contributed by atoms with Gasteiger partial charge in [0.15, 0.2) is 0 Å². The molecule has 0 unspecified atom stereocenters. The SMILES string of the molecule is Bc1ccc(N(c2ccc(B)cc2)c2ccc(N(c3ccc(N(c4ccc(CCCC)cc4)c4ccc(CCCC)cc4)cc3)c3ccc(N(c4ccc(C)cc4)c4ccc(N(c5ccc(B)cc5)c5ccc(N(c6ccc(C)cc6)c6ccc(N(c7ccc(CCCC)cc7)c7ccc(CCCC)cc7)cc6)cc5)cc4)cc3)cc2)cc1. The summed E-state index contributed by atoms with van der Waals surface area (Å²) in [5.74, 6) is 0. The fourth-order valence-corrected chi connectivity index (χ4v) is 15.9. The van der Waals surface area contributed by atoms with Crippen molar-refractivity contribution in [3.05, 3.63) is 397 Å². The molecule has 0 N–H and O–H groups in total. The lowest BCUT2D eigenvalue weighted by molar-refractivity contribution is 0.795. The molecule has 0 aliphatic heterocycles. The van der Waals surface area contributed by atoms with Crippen LogP contribution >= 0.6 is 0 Å². The van der Waals surface area contributed by atoms with Crippen molar-refractivity contribution in [3.8, 4) is 0 Å². The van der Waals surface area contributed by atoms with Gasteiger partial charge in [-0.2, -0.15) is 0 Å². The first-order chi connectivity index (χ1) is 57.8. The van der Waals surface area contributed by atoms with Crippen LogP contribution in [0.15, 0.2) is 364 Å². The van der Waals surface area contributed by atoms with Gasteiger partial charge in [-0.3, -0.25) is 0 Å². The highest BCUT2D eigenvalue weighted by Crippen LogP contribution is 2.47. The molecule has 7 nitrogen and oxygen atoms in total. The van der Waals surface area contributed by atoms with E-state index in [1.165, 1.54) is 101 Å². The second kappa shape index (κ2) is 38.2. The summed E-state index contributed by atoms with van der Waals surface area (Å²) in [6.45, 7) is 13.4. The third kappa shape index (κ3) is 19.1. The van der Waals surface area contributed by atoms with Crippen LogP contribution in [0, 0.1) is 13.8 Å². The molecule has 0 fully saturated rings. The van der Waals surface area contributed by atoms with Crippen LogP contribution in [-0.4, -0.2) is 23.5 Å². The third-order valence-corrected chi connectivity index (χ3v) is 22.7. The summed E-state index contributed by atoms with van der Waals surface area (Å²) in [5, 5.41) is 0. The normalized spacial score (nSPS) is 11.1. The first kappa shape index (κ1) is 80.3. The smallest absolute Gasteiger partial charge is 0.139 e. The van der Waals surface area contributed by atoms with Crippen LogP contribution in [0.5, 0.6) is 0 Å². The summed E-state index contributed by atoms with van der Waals surface area (Å²) >= 11 is 0. The number of hydrogen-bond donors (Lipinski definition) is 0. The molecular formula is C108H108B3N7. The summed E-state index contributed by atoms with van der Waals surface area (Å²) in [7, 11) is 6.45. The van der Waals surface area contributed by atoms with Crippen molar-refractivity contribution in [2.45, 2.75) is 119 Å². The van der Waals surface area contributed by atoms with Gasteiger partial charge >= 0.3 is 0 Å². The maximum atomic E-state index is 2.40. The Labute approximate surface area is 705 Å². The van der Waals surface area contributed by atoms with Crippen LogP contribution in [0.2, 0.25) is 0 Å². The molecule has 584 valence electrons. The maximum Gasteiger partial charge on any atom is 0.139 e. The summed E-state index contributed by atoms with van der Waals surface area (Å²) in [6.07, 6.45) is 13.7. The molecule has 10 heteroatoms. The Bertz CT molecular complexity index is 5510. The van der Waals surface area contributed by atoms with Gasteiger partial charge in [0.25, 0.3) is 0 Å². The van der Waals surface area contributed by atoms with Crippen molar-refractivity contribution >= 4 is 159 Å². The van der Waals surface area contributed by atoms with E-state index < -0.39 is 0 Å². The Kier molecular flexibility index (Phi) is 26.0. The standard InChI is InChI=1S/C108H108B3N7/c1-7-11-15-81-23-41-90(42-24-81)114(91-43-25-82(26-44-91)16-12-8-2)101-63-55-97(56-64-101)112(88-37-19-79(5)20-38-88)98-57-69-104(70-58-98)117(96-53-35-87(111)36-54-96)105-71-59-99(60-72-105)113(89-39-21-80(6)22-40-89)100-61-73-106(74-62-100)118(108-77-67-103(68-78-108)116(94-49-31-85(109)32-50-94)95-51-33-86(110)34-52-95)107-75-65-102(66-76-107)115(92-45-27-83(28-46-92)17-13-9-3)93-47-29-84(30-48-93)18-14-10-4/h19-78H,7-18,109-111H2,1-6H3. The number of unbranched alkanes of at least 4 members (excludes halogenated alkanes) is 4. The van der Waals surface area contributed by atoms with Crippen LogP contribution in [0.1, 0.15) is 112 Å². The highest BCUT2D eigenvalue weighted by molar-refractivity contribution is 6.33. The molecule has 15 aromatic carbocycles. The molecule has 15 rings (SSSR count). The number of rotatable bonds is 33. The van der Waals surface area contributed by atoms with Crippen LogP contribution in [0.3, 0.4) is 0 Å². The van der Waals surface area contributed by atoms with Crippen molar-refractivity contribution in [1.82, 2.24) is 0 Å². The van der Waals surface area contributed by atoms with E-state index >= 15 is 0 Å².